The number of amides is 1. The Bertz CT molecular complexity index is 1050. The normalized spacial score (nSPS) is 11.0. The molecule has 0 spiro atoms. The summed E-state index contributed by atoms with van der Waals surface area (Å²) < 4.78 is 29.0. The summed E-state index contributed by atoms with van der Waals surface area (Å²) in [5.41, 5.74) is 1.75. The number of sulfone groups is 1. The number of pyridine rings is 1. The Balaban J connectivity index is 1.70. The lowest BCUT2D eigenvalue weighted by atomic mass is 10.2. The molecule has 7 heteroatoms. The van der Waals surface area contributed by atoms with Gasteiger partial charge in [-0.05, 0) is 36.4 Å². The lowest BCUT2D eigenvalue weighted by Crippen LogP contribution is -2.12. The van der Waals surface area contributed by atoms with E-state index in [2.05, 4.69) is 10.3 Å². The van der Waals surface area contributed by atoms with E-state index in [9.17, 15) is 13.2 Å². The number of hydrogen-bond acceptors (Lipinski definition) is 5. The summed E-state index contributed by atoms with van der Waals surface area (Å²) in [5, 5.41) is 2.75. The van der Waals surface area contributed by atoms with Gasteiger partial charge in [0, 0.05) is 41.5 Å². The van der Waals surface area contributed by atoms with E-state index in [0.717, 1.165) is 11.8 Å². The molecule has 1 aromatic heterocycles. The first kappa shape index (κ1) is 18.6. The van der Waals surface area contributed by atoms with Crippen molar-refractivity contribution in [2.24, 2.45) is 0 Å². The number of carbonyl (C=O) groups excluding carboxylic acids is 1. The van der Waals surface area contributed by atoms with Crippen LogP contribution in [0.5, 0.6) is 5.75 Å². The van der Waals surface area contributed by atoms with Gasteiger partial charge < -0.3 is 10.1 Å². The SMILES string of the molecule is CS(=O)(=O)c1cccc(C(=O)Nc2cccc(OCc3cccnc3)c2)c1. The highest BCUT2D eigenvalue weighted by Crippen LogP contribution is 2.20. The highest BCUT2D eigenvalue weighted by molar-refractivity contribution is 7.90. The predicted molar refractivity (Wildman–Crippen MR) is 103 cm³/mol. The predicted octanol–water partition coefficient (Wildman–Crippen LogP) is 3.32. The van der Waals surface area contributed by atoms with Gasteiger partial charge in [0.2, 0.25) is 0 Å². The minimum atomic E-state index is -3.38. The minimum absolute atomic E-state index is 0.101. The molecule has 1 N–H and O–H groups in total. The number of nitrogens with one attached hydrogen (secondary N) is 1. The number of carbonyl (C=O) groups is 1. The lowest BCUT2D eigenvalue weighted by Gasteiger charge is -2.10. The zero-order valence-electron chi connectivity index (χ0n) is 14.6. The molecule has 6 nitrogen and oxygen atoms in total. The fraction of sp³-hybridized carbons (Fsp3) is 0.100. The summed E-state index contributed by atoms with van der Waals surface area (Å²) >= 11 is 0. The van der Waals surface area contributed by atoms with Crippen LogP contribution in [0.1, 0.15) is 15.9 Å². The maximum absolute atomic E-state index is 12.4. The highest BCUT2D eigenvalue weighted by atomic mass is 32.2. The van der Waals surface area contributed by atoms with Crippen LogP contribution in [0.4, 0.5) is 5.69 Å². The molecule has 0 saturated heterocycles. The Morgan fingerprint density at radius 3 is 2.63 bits per heavy atom. The molecule has 0 fully saturated rings. The van der Waals surface area contributed by atoms with Crippen LogP contribution in [0.2, 0.25) is 0 Å². The third kappa shape index (κ3) is 5.15. The monoisotopic (exact) mass is 382 g/mol. The molecule has 27 heavy (non-hydrogen) atoms. The van der Waals surface area contributed by atoms with Crippen molar-refractivity contribution in [3.05, 3.63) is 84.2 Å². The van der Waals surface area contributed by atoms with Crippen LogP contribution in [0.25, 0.3) is 0 Å². The van der Waals surface area contributed by atoms with Crippen molar-refractivity contribution in [2.75, 3.05) is 11.6 Å². The van der Waals surface area contributed by atoms with Crippen molar-refractivity contribution >= 4 is 21.4 Å². The van der Waals surface area contributed by atoms with Crippen LogP contribution < -0.4 is 10.1 Å². The first-order chi connectivity index (χ1) is 12.9. The summed E-state index contributed by atoms with van der Waals surface area (Å²) in [4.78, 5) is 16.6. The summed E-state index contributed by atoms with van der Waals surface area (Å²) in [7, 11) is -3.38. The van der Waals surface area contributed by atoms with E-state index in [1.807, 2.05) is 12.1 Å². The number of nitrogens with zero attached hydrogens (tertiary/aromatic N) is 1. The molecule has 1 amide bonds. The van der Waals surface area contributed by atoms with Gasteiger partial charge in [-0.15, -0.1) is 0 Å². The maximum atomic E-state index is 12.4. The smallest absolute Gasteiger partial charge is 0.255 e. The number of hydrogen-bond donors (Lipinski definition) is 1. The largest absolute Gasteiger partial charge is 0.489 e. The van der Waals surface area contributed by atoms with E-state index in [-0.39, 0.29) is 10.5 Å². The van der Waals surface area contributed by atoms with Crippen LogP contribution in [-0.4, -0.2) is 25.6 Å². The molecule has 0 aliphatic rings. The van der Waals surface area contributed by atoms with Gasteiger partial charge >= 0.3 is 0 Å². The number of aromatic nitrogens is 1. The van der Waals surface area contributed by atoms with Gasteiger partial charge in [-0.1, -0.05) is 18.2 Å². The van der Waals surface area contributed by atoms with E-state index < -0.39 is 15.7 Å². The zero-order valence-corrected chi connectivity index (χ0v) is 15.4. The van der Waals surface area contributed by atoms with Gasteiger partial charge in [-0.2, -0.15) is 0 Å². The van der Waals surface area contributed by atoms with Gasteiger partial charge in [0.15, 0.2) is 9.84 Å². The molecular weight excluding hydrogens is 364 g/mol. The fourth-order valence-electron chi connectivity index (χ4n) is 2.39. The quantitative estimate of drug-likeness (QED) is 0.707. The molecule has 3 rings (SSSR count). The summed E-state index contributed by atoms with van der Waals surface area (Å²) in [6, 6.07) is 16.6. The minimum Gasteiger partial charge on any atom is -0.489 e. The number of benzene rings is 2. The molecule has 0 atom stereocenters. The van der Waals surface area contributed by atoms with Crippen LogP contribution in [0.3, 0.4) is 0 Å². The molecule has 0 radical (unpaired) electrons. The highest BCUT2D eigenvalue weighted by Gasteiger charge is 2.12. The summed E-state index contributed by atoms with van der Waals surface area (Å²) in [6.45, 7) is 0.363. The number of anilines is 1. The standard InChI is InChI=1S/C20H18N2O4S/c1-27(24,25)19-9-2-6-16(11-19)20(23)22-17-7-3-8-18(12-17)26-14-15-5-4-10-21-13-15/h2-13H,14H2,1H3,(H,22,23). The summed E-state index contributed by atoms with van der Waals surface area (Å²) in [5.74, 6) is 0.200. The fourth-order valence-corrected chi connectivity index (χ4v) is 3.05. The molecule has 2 aromatic carbocycles. The Labute approximate surface area is 157 Å². The van der Waals surface area contributed by atoms with Crippen LogP contribution in [0, 0.1) is 0 Å². The molecule has 1 heterocycles. The van der Waals surface area contributed by atoms with Crippen LogP contribution in [-0.2, 0) is 16.4 Å². The zero-order chi connectivity index (χ0) is 19.3. The molecule has 3 aromatic rings. The Morgan fingerprint density at radius 2 is 1.89 bits per heavy atom. The second kappa shape index (κ2) is 8.01. The second-order valence-electron chi connectivity index (χ2n) is 5.93. The van der Waals surface area contributed by atoms with Gasteiger partial charge in [-0.25, -0.2) is 8.42 Å². The first-order valence-corrected chi connectivity index (χ1v) is 10.0. The van der Waals surface area contributed by atoms with Crippen molar-refractivity contribution in [3.63, 3.8) is 0 Å². The van der Waals surface area contributed by atoms with Gasteiger partial charge in [-0.3, -0.25) is 9.78 Å². The van der Waals surface area contributed by atoms with Crippen molar-refractivity contribution in [2.45, 2.75) is 11.5 Å². The van der Waals surface area contributed by atoms with Gasteiger partial charge in [0.25, 0.3) is 5.91 Å². The molecule has 0 unspecified atom stereocenters. The molecule has 0 aliphatic carbocycles. The molecule has 0 bridgehead atoms. The van der Waals surface area contributed by atoms with Crippen LogP contribution in [0.15, 0.2) is 78.0 Å². The lowest BCUT2D eigenvalue weighted by molar-refractivity contribution is 0.102. The average molecular weight is 382 g/mol. The average Bonchev–Trinajstić information content (AvgIpc) is 2.67. The summed E-state index contributed by atoms with van der Waals surface area (Å²) in [6.07, 6.45) is 4.52. The number of ether oxygens (including phenoxy) is 1. The van der Waals surface area contributed by atoms with E-state index in [1.54, 1.807) is 48.8 Å². The van der Waals surface area contributed by atoms with Crippen molar-refractivity contribution in [3.8, 4) is 5.75 Å². The van der Waals surface area contributed by atoms with E-state index >= 15 is 0 Å². The van der Waals surface area contributed by atoms with E-state index in [0.29, 0.717) is 18.0 Å². The van der Waals surface area contributed by atoms with Crippen molar-refractivity contribution in [1.29, 1.82) is 0 Å². The van der Waals surface area contributed by atoms with Crippen molar-refractivity contribution in [1.82, 2.24) is 4.98 Å². The molecule has 0 aliphatic heterocycles. The van der Waals surface area contributed by atoms with Crippen LogP contribution >= 0.6 is 0 Å². The molecule has 138 valence electrons. The third-order valence-electron chi connectivity index (χ3n) is 3.74. The molecule has 0 saturated carbocycles. The maximum Gasteiger partial charge on any atom is 0.255 e. The van der Waals surface area contributed by atoms with E-state index in [4.69, 9.17) is 4.74 Å². The molecular formula is C20H18N2O4S. The topological polar surface area (TPSA) is 85.4 Å². The van der Waals surface area contributed by atoms with Gasteiger partial charge in [0.05, 0.1) is 4.90 Å². The Kier molecular flexibility index (Phi) is 5.52. The van der Waals surface area contributed by atoms with Crippen molar-refractivity contribution < 1.29 is 17.9 Å². The first-order valence-electron chi connectivity index (χ1n) is 8.15. The third-order valence-corrected chi connectivity index (χ3v) is 4.85. The van der Waals surface area contributed by atoms with E-state index in [1.165, 1.54) is 12.1 Å². The number of rotatable bonds is 6. The van der Waals surface area contributed by atoms with Gasteiger partial charge in [0.1, 0.15) is 12.4 Å². The Hall–Kier alpha value is -3.19. The second-order valence-corrected chi connectivity index (χ2v) is 7.95. The Morgan fingerprint density at radius 1 is 1.07 bits per heavy atom.